The van der Waals surface area contributed by atoms with Gasteiger partial charge in [0.25, 0.3) is 11.8 Å². The molecule has 170 valence electrons. The number of carbonyl (C=O) groups is 1. The number of hydrogen-bond acceptors (Lipinski definition) is 7. The number of aromatic nitrogens is 5. The third kappa shape index (κ3) is 4.19. The minimum absolute atomic E-state index is 0.0104. The van der Waals surface area contributed by atoms with Crippen LogP contribution in [0, 0.1) is 25.5 Å². The molecule has 4 heterocycles. The molecular formula is C22H21F2N7O2. The Morgan fingerprint density at radius 1 is 1.03 bits per heavy atom. The van der Waals surface area contributed by atoms with E-state index in [1.807, 2.05) is 19.9 Å². The summed E-state index contributed by atoms with van der Waals surface area (Å²) in [5.74, 6) is -1.06. The van der Waals surface area contributed by atoms with Crippen LogP contribution >= 0.6 is 0 Å². The zero-order valence-corrected chi connectivity index (χ0v) is 18.1. The van der Waals surface area contributed by atoms with Crippen LogP contribution in [0.3, 0.4) is 0 Å². The number of benzene rings is 1. The van der Waals surface area contributed by atoms with Crippen molar-refractivity contribution in [2.75, 3.05) is 26.2 Å². The first-order valence-corrected chi connectivity index (χ1v) is 10.5. The standard InChI is InChI=1S/C22H21F2N7O2/c1-13-7-14(2)31-20(26-13)18(11-25-31)21-27-19(28-33-21)12-29-3-5-30(6-4-29)22(32)15-8-16(23)10-17(24)9-15/h7-11H,3-6,12H2,1-2H3. The van der Waals surface area contributed by atoms with Gasteiger partial charge in [-0.3, -0.25) is 9.69 Å². The van der Waals surface area contributed by atoms with Crippen LogP contribution in [0.1, 0.15) is 27.6 Å². The van der Waals surface area contributed by atoms with Gasteiger partial charge in [-0.25, -0.2) is 18.3 Å². The summed E-state index contributed by atoms with van der Waals surface area (Å²) in [4.78, 5) is 25.3. The van der Waals surface area contributed by atoms with E-state index in [0.717, 1.165) is 29.6 Å². The fraction of sp³-hybridized carbons (Fsp3) is 0.318. The summed E-state index contributed by atoms with van der Waals surface area (Å²) in [5, 5.41) is 8.44. The maximum Gasteiger partial charge on any atom is 0.263 e. The first-order valence-electron chi connectivity index (χ1n) is 10.5. The second-order valence-electron chi connectivity index (χ2n) is 8.07. The molecule has 33 heavy (non-hydrogen) atoms. The maximum atomic E-state index is 13.4. The Kier molecular flexibility index (Phi) is 5.33. The van der Waals surface area contributed by atoms with Gasteiger partial charge in [-0.2, -0.15) is 10.1 Å². The fourth-order valence-corrected chi connectivity index (χ4v) is 4.02. The summed E-state index contributed by atoms with van der Waals surface area (Å²) in [6.45, 7) is 6.32. The number of piperazine rings is 1. The highest BCUT2D eigenvalue weighted by molar-refractivity contribution is 5.94. The summed E-state index contributed by atoms with van der Waals surface area (Å²) in [5.41, 5.74) is 3.16. The van der Waals surface area contributed by atoms with Crippen molar-refractivity contribution < 1.29 is 18.1 Å². The molecule has 1 fully saturated rings. The SMILES string of the molecule is Cc1cc(C)n2ncc(-c3nc(CN4CCN(C(=O)c5cc(F)cc(F)c5)CC4)no3)c2n1. The third-order valence-corrected chi connectivity index (χ3v) is 5.61. The molecule has 1 aliphatic heterocycles. The molecule has 9 nitrogen and oxygen atoms in total. The van der Waals surface area contributed by atoms with Gasteiger partial charge >= 0.3 is 0 Å². The highest BCUT2D eigenvalue weighted by Gasteiger charge is 2.24. The molecular weight excluding hydrogens is 432 g/mol. The van der Waals surface area contributed by atoms with Gasteiger partial charge in [-0.05, 0) is 32.0 Å². The third-order valence-electron chi connectivity index (χ3n) is 5.61. The second-order valence-corrected chi connectivity index (χ2v) is 8.07. The highest BCUT2D eigenvalue weighted by atomic mass is 19.1. The van der Waals surface area contributed by atoms with Crippen LogP contribution in [0.25, 0.3) is 17.1 Å². The quantitative estimate of drug-likeness (QED) is 0.469. The molecule has 0 bridgehead atoms. The van der Waals surface area contributed by atoms with Crippen LogP contribution in [-0.4, -0.2) is 66.6 Å². The molecule has 3 aromatic heterocycles. The number of rotatable bonds is 4. The van der Waals surface area contributed by atoms with Gasteiger partial charge < -0.3 is 9.42 Å². The van der Waals surface area contributed by atoms with Crippen molar-refractivity contribution in [2.45, 2.75) is 20.4 Å². The molecule has 0 saturated carbocycles. The zero-order chi connectivity index (χ0) is 23.1. The van der Waals surface area contributed by atoms with E-state index in [4.69, 9.17) is 4.52 Å². The van der Waals surface area contributed by atoms with E-state index in [-0.39, 0.29) is 11.5 Å². The largest absolute Gasteiger partial charge is 0.336 e. The van der Waals surface area contributed by atoms with Crippen LogP contribution in [0.15, 0.2) is 35.0 Å². The molecule has 1 aliphatic rings. The van der Waals surface area contributed by atoms with Gasteiger partial charge in [0.05, 0.1) is 12.7 Å². The zero-order valence-electron chi connectivity index (χ0n) is 18.1. The summed E-state index contributed by atoms with van der Waals surface area (Å²) in [6.07, 6.45) is 1.66. The van der Waals surface area contributed by atoms with Crippen molar-refractivity contribution in [1.29, 1.82) is 0 Å². The number of carbonyl (C=O) groups excluding carboxylic acids is 1. The van der Waals surface area contributed by atoms with E-state index in [2.05, 4.69) is 25.1 Å². The lowest BCUT2D eigenvalue weighted by molar-refractivity contribution is 0.0623. The van der Waals surface area contributed by atoms with Gasteiger partial charge in [0.2, 0.25) is 0 Å². The minimum atomic E-state index is -0.767. The lowest BCUT2D eigenvalue weighted by atomic mass is 10.1. The lowest BCUT2D eigenvalue weighted by Crippen LogP contribution is -2.48. The number of aryl methyl sites for hydroxylation is 2. The molecule has 0 N–H and O–H groups in total. The Balaban J connectivity index is 1.24. The minimum Gasteiger partial charge on any atom is -0.336 e. The molecule has 0 radical (unpaired) electrons. The molecule has 4 aromatic rings. The van der Waals surface area contributed by atoms with E-state index >= 15 is 0 Å². The Bertz CT molecular complexity index is 1320. The lowest BCUT2D eigenvalue weighted by Gasteiger charge is -2.34. The number of halogens is 2. The Labute approximate surface area is 187 Å². The van der Waals surface area contributed by atoms with Crippen molar-refractivity contribution in [2.24, 2.45) is 0 Å². The van der Waals surface area contributed by atoms with E-state index in [1.54, 1.807) is 15.6 Å². The average Bonchev–Trinajstić information content (AvgIpc) is 3.40. The first kappa shape index (κ1) is 21.1. The van der Waals surface area contributed by atoms with Crippen molar-refractivity contribution in [3.63, 3.8) is 0 Å². The summed E-state index contributed by atoms with van der Waals surface area (Å²) in [7, 11) is 0. The molecule has 1 amide bonds. The normalized spacial score (nSPS) is 14.8. The number of fused-ring (bicyclic) bond motifs is 1. The number of nitrogens with zero attached hydrogens (tertiary/aromatic N) is 7. The van der Waals surface area contributed by atoms with Crippen LogP contribution < -0.4 is 0 Å². The van der Waals surface area contributed by atoms with E-state index in [1.165, 1.54) is 0 Å². The van der Waals surface area contributed by atoms with Crippen molar-refractivity contribution in [1.82, 2.24) is 34.5 Å². The Morgan fingerprint density at radius 2 is 1.76 bits per heavy atom. The van der Waals surface area contributed by atoms with Crippen LogP contribution in [0.4, 0.5) is 8.78 Å². The number of hydrogen-bond donors (Lipinski definition) is 0. The van der Waals surface area contributed by atoms with Gasteiger partial charge in [0.1, 0.15) is 17.2 Å². The van der Waals surface area contributed by atoms with Crippen LogP contribution in [0.5, 0.6) is 0 Å². The van der Waals surface area contributed by atoms with E-state index in [0.29, 0.717) is 55.6 Å². The summed E-state index contributed by atoms with van der Waals surface area (Å²) < 4.78 is 34.1. The molecule has 0 atom stereocenters. The Hall–Kier alpha value is -3.73. The second kappa shape index (κ2) is 8.32. The van der Waals surface area contributed by atoms with E-state index < -0.39 is 11.6 Å². The smallest absolute Gasteiger partial charge is 0.263 e. The van der Waals surface area contributed by atoms with Crippen LogP contribution in [-0.2, 0) is 6.54 Å². The highest BCUT2D eigenvalue weighted by Crippen LogP contribution is 2.23. The monoisotopic (exact) mass is 453 g/mol. The first-order chi connectivity index (χ1) is 15.9. The van der Waals surface area contributed by atoms with Crippen molar-refractivity contribution in [3.8, 4) is 11.5 Å². The summed E-state index contributed by atoms with van der Waals surface area (Å²) in [6, 6.07) is 4.80. The molecule has 0 spiro atoms. The fourth-order valence-electron chi connectivity index (χ4n) is 4.02. The molecule has 1 aromatic carbocycles. The molecule has 1 saturated heterocycles. The maximum absolute atomic E-state index is 13.4. The van der Waals surface area contributed by atoms with Crippen molar-refractivity contribution >= 4 is 11.6 Å². The topological polar surface area (TPSA) is 92.7 Å². The Morgan fingerprint density at radius 3 is 2.48 bits per heavy atom. The predicted molar refractivity (Wildman–Crippen MR) is 113 cm³/mol. The molecule has 11 heteroatoms. The molecule has 5 rings (SSSR count). The van der Waals surface area contributed by atoms with Crippen molar-refractivity contribution in [3.05, 3.63) is 64.9 Å². The van der Waals surface area contributed by atoms with E-state index in [9.17, 15) is 13.6 Å². The molecule has 0 unspecified atom stereocenters. The van der Waals surface area contributed by atoms with Crippen LogP contribution in [0.2, 0.25) is 0 Å². The van der Waals surface area contributed by atoms with Gasteiger partial charge in [-0.15, -0.1) is 0 Å². The number of amides is 1. The predicted octanol–water partition coefficient (Wildman–Crippen LogP) is 2.63. The summed E-state index contributed by atoms with van der Waals surface area (Å²) >= 11 is 0. The van der Waals surface area contributed by atoms with Gasteiger partial charge in [-0.1, -0.05) is 5.16 Å². The average molecular weight is 453 g/mol. The van der Waals surface area contributed by atoms with Gasteiger partial charge in [0.15, 0.2) is 11.5 Å². The molecule has 0 aliphatic carbocycles. The van der Waals surface area contributed by atoms with Gasteiger partial charge in [0, 0.05) is 49.2 Å².